The summed E-state index contributed by atoms with van der Waals surface area (Å²) in [6, 6.07) is 8.42. The van der Waals surface area contributed by atoms with E-state index in [0.29, 0.717) is 12.6 Å². The molecular formula is C13H19N3O. The molecule has 0 fully saturated rings. The average Bonchev–Trinajstić information content (AvgIpc) is 2.72. The summed E-state index contributed by atoms with van der Waals surface area (Å²) in [5.41, 5.74) is 7.49. The zero-order valence-corrected chi connectivity index (χ0v) is 10.6. The van der Waals surface area contributed by atoms with Gasteiger partial charge in [-0.05, 0) is 24.1 Å². The Labute approximate surface area is 101 Å². The lowest BCUT2D eigenvalue weighted by Crippen LogP contribution is -2.36. The van der Waals surface area contributed by atoms with Crippen LogP contribution in [-0.2, 0) is 0 Å². The van der Waals surface area contributed by atoms with E-state index in [0.717, 1.165) is 17.6 Å². The van der Waals surface area contributed by atoms with E-state index < -0.39 is 0 Å². The summed E-state index contributed by atoms with van der Waals surface area (Å²) in [6.07, 6.45) is 0. The summed E-state index contributed by atoms with van der Waals surface area (Å²) >= 11 is 0. The SMILES string of the molecule is CN(CC(C)(C)CN)c1nc2ccccc2o1. The Hall–Kier alpha value is -1.55. The number of nitrogens with zero attached hydrogens (tertiary/aromatic N) is 2. The molecule has 2 N–H and O–H groups in total. The van der Waals surface area contributed by atoms with Crippen LogP contribution < -0.4 is 10.6 Å². The third-order valence-corrected chi connectivity index (χ3v) is 2.83. The summed E-state index contributed by atoms with van der Waals surface area (Å²) in [7, 11) is 1.97. The van der Waals surface area contributed by atoms with E-state index in [-0.39, 0.29) is 5.41 Å². The van der Waals surface area contributed by atoms with Crippen LogP contribution in [0, 0.1) is 5.41 Å². The van der Waals surface area contributed by atoms with Crippen molar-refractivity contribution in [2.45, 2.75) is 13.8 Å². The number of aromatic nitrogens is 1. The van der Waals surface area contributed by atoms with Crippen LogP contribution in [0.4, 0.5) is 6.01 Å². The van der Waals surface area contributed by atoms with Crippen LogP contribution in [-0.4, -0.2) is 25.1 Å². The molecule has 0 saturated heterocycles. The number of anilines is 1. The molecule has 0 saturated carbocycles. The van der Waals surface area contributed by atoms with Gasteiger partial charge < -0.3 is 15.1 Å². The van der Waals surface area contributed by atoms with Crippen LogP contribution in [0.2, 0.25) is 0 Å². The highest BCUT2D eigenvalue weighted by Gasteiger charge is 2.20. The van der Waals surface area contributed by atoms with Gasteiger partial charge in [0.1, 0.15) is 5.52 Å². The third-order valence-electron chi connectivity index (χ3n) is 2.83. The van der Waals surface area contributed by atoms with Crippen LogP contribution in [0.3, 0.4) is 0 Å². The van der Waals surface area contributed by atoms with E-state index in [4.69, 9.17) is 10.2 Å². The molecule has 0 amide bonds. The van der Waals surface area contributed by atoms with E-state index in [9.17, 15) is 0 Å². The first-order chi connectivity index (χ1) is 8.02. The van der Waals surface area contributed by atoms with Crippen molar-refractivity contribution in [1.29, 1.82) is 0 Å². The lowest BCUT2D eigenvalue weighted by molar-refractivity contribution is 0.376. The molecule has 2 aromatic rings. The summed E-state index contributed by atoms with van der Waals surface area (Å²) < 4.78 is 5.69. The topological polar surface area (TPSA) is 55.3 Å². The largest absolute Gasteiger partial charge is 0.423 e. The number of nitrogens with two attached hydrogens (primary N) is 1. The molecule has 4 nitrogen and oxygen atoms in total. The normalized spacial score (nSPS) is 12.0. The van der Waals surface area contributed by atoms with Gasteiger partial charge in [0.15, 0.2) is 5.58 Å². The van der Waals surface area contributed by atoms with E-state index in [1.54, 1.807) is 0 Å². The molecule has 1 aromatic carbocycles. The zero-order chi connectivity index (χ0) is 12.5. The maximum atomic E-state index is 5.73. The second-order valence-electron chi connectivity index (χ2n) is 5.19. The van der Waals surface area contributed by atoms with Gasteiger partial charge >= 0.3 is 0 Å². The molecule has 2 rings (SSSR count). The maximum absolute atomic E-state index is 5.73. The molecule has 1 aromatic heterocycles. The average molecular weight is 233 g/mol. The fourth-order valence-electron chi connectivity index (χ4n) is 1.80. The van der Waals surface area contributed by atoms with Gasteiger partial charge in [0.25, 0.3) is 6.01 Å². The van der Waals surface area contributed by atoms with Gasteiger partial charge in [-0.1, -0.05) is 26.0 Å². The van der Waals surface area contributed by atoms with Gasteiger partial charge in [-0.3, -0.25) is 0 Å². The second kappa shape index (κ2) is 4.37. The monoisotopic (exact) mass is 233 g/mol. The van der Waals surface area contributed by atoms with Crippen molar-refractivity contribution < 1.29 is 4.42 Å². The summed E-state index contributed by atoms with van der Waals surface area (Å²) in [6.45, 7) is 5.71. The Bertz CT molecular complexity index is 471. The Morgan fingerprint density at radius 2 is 2.06 bits per heavy atom. The Morgan fingerprint density at radius 1 is 1.35 bits per heavy atom. The van der Waals surface area contributed by atoms with Gasteiger partial charge in [0.05, 0.1) is 0 Å². The van der Waals surface area contributed by atoms with Crippen molar-refractivity contribution >= 4 is 17.1 Å². The van der Waals surface area contributed by atoms with Gasteiger partial charge in [0, 0.05) is 13.6 Å². The van der Waals surface area contributed by atoms with Gasteiger partial charge in [0.2, 0.25) is 0 Å². The summed E-state index contributed by atoms with van der Waals surface area (Å²) in [5, 5.41) is 0. The lowest BCUT2D eigenvalue weighted by Gasteiger charge is -2.27. The highest BCUT2D eigenvalue weighted by Crippen LogP contribution is 2.23. The standard InChI is InChI=1S/C13H19N3O/c1-13(2,8-14)9-16(3)12-15-10-6-4-5-7-11(10)17-12/h4-7H,8-9,14H2,1-3H3. The van der Waals surface area contributed by atoms with Crippen molar-refractivity contribution in [2.75, 3.05) is 25.0 Å². The summed E-state index contributed by atoms with van der Waals surface area (Å²) in [4.78, 5) is 6.46. The fraction of sp³-hybridized carbons (Fsp3) is 0.462. The zero-order valence-electron chi connectivity index (χ0n) is 10.6. The van der Waals surface area contributed by atoms with Crippen LogP contribution in [0.15, 0.2) is 28.7 Å². The van der Waals surface area contributed by atoms with E-state index >= 15 is 0 Å². The molecular weight excluding hydrogens is 214 g/mol. The van der Waals surface area contributed by atoms with Gasteiger partial charge in [-0.25, -0.2) is 0 Å². The molecule has 1 heterocycles. The first-order valence-corrected chi connectivity index (χ1v) is 5.79. The van der Waals surface area contributed by atoms with Crippen molar-refractivity contribution in [1.82, 2.24) is 4.98 Å². The highest BCUT2D eigenvalue weighted by molar-refractivity contribution is 5.74. The number of rotatable bonds is 4. The van der Waals surface area contributed by atoms with Crippen molar-refractivity contribution in [2.24, 2.45) is 11.1 Å². The Morgan fingerprint density at radius 3 is 2.71 bits per heavy atom. The van der Waals surface area contributed by atoms with E-state index in [1.807, 2.05) is 36.2 Å². The van der Waals surface area contributed by atoms with Gasteiger partial charge in [-0.2, -0.15) is 4.98 Å². The molecule has 4 heteroatoms. The predicted octanol–water partition coefficient (Wildman–Crippen LogP) is 2.25. The highest BCUT2D eigenvalue weighted by atomic mass is 16.4. The minimum atomic E-state index is 0.0510. The molecule has 0 aliphatic carbocycles. The Kier molecular flexibility index (Phi) is 3.07. The number of hydrogen-bond donors (Lipinski definition) is 1. The number of hydrogen-bond acceptors (Lipinski definition) is 4. The smallest absolute Gasteiger partial charge is 0.298 e. The lowest BCUT2D eigenvalue weighted by atomic mass is 9.93. The van der Waals surface area contributed by atoms with Crippen LogP contribution in [0.5, 0.6) is 0 Å². The Balaban J connectivity index is 2.22. The van der Waals surface area contributed by atoms with Crippen LogP contribution in [0.25, 0.3) is 11.1 Å². The molecule has 0 atom stereocenters. The van der Waals surface area contributed by atoms with Crippen LogP contribution >= 0.6 is 0 Å². The molecule has 92 valence electrons. The van der Waals surface area contributed by atoms with Crippen molar-refractivity contribution in [3.8, 4) is 0 Å². The minimum absolute atomic E-state index is 0.0510. The van der Waals surface area contributed by atoms with Crippen molar-refractivity contribution in [3.05, 3.63) is 24.3 Å². The quantitative estimate of drug-likeness (QED) is 0.880. The molecule has 0 bridgehead atoms. The number of oxazole rings is 1. The molecule has 0 aliphatic heterocycles. The first-order valence-electron chi connectivity index (χ1n) is 5.79. The fourth-order valence-corrected chi connectivity index (χ4v) is 1.80. The number of fused-ring (bicyclic) bond motifs is 1. The molecule has 0 aliphatic rings. The van der Waals surface area contributed by atoms with Crippen molar-refractivity contribution in [3.63, 3.8) is 0 Å². The molecule has 0 unspecified atom stereocenters. The number of para-hydroxylation sites is 2. The first kappa shape index (κ1) is 11.9. The third kappa shape index (κ3) is 2.58. The maximum Gasteiger partial charge on any atom is 0.298 e. The van der Waals surface area contributed by atoms with Gasteiger partial charge in [-0.15, -0.1) is 0 Å². The molecule has 17 heavy (non-hydrogen) atoms. The second-order valence-corrected chi connectivity index (χ2v) is 5.19. The van der Waals surface area contributed by atoms with E-state index in [2.05, 4.69) is 18.8 Å². The van der Waals surface area contributed by atoms with E-state index in [1.165, 1.54) is 0 Å². The number of benzene rings is 1. The minimum Gasteiger partial charge on any atom is -0.423 e. The molecule has 0 spiro atoms. The summed E-state index contributed by atoms with van der Waals surface area (Å²) in [5.74, 6) is 0. The molecule has 0 radical (unpaired) electrons. The van der Waals surface area contributed by atoms with Crippen LogP contribution in [0.1, 0.15) is 13.8 Å². The predicted molar refractivity (Wildman–Crippen MR) is 70.1 cm³/mol.